The molecule has 0 unspecified atom stereocenters. The van der Waals surface area contributed by atoms with Gasteiger partial charge in [0.1, 0.15) is 0 Å². The molecule has 0 aromatic heterocycles. The molecule has 0 amide bonds. The molecular formula is C42H87Al. The summed E-state index contributed by atoms with van der Waals surface area (Å²) in [5.41, 5.74) is 0. The third kappa shape index (κ3) is 62.1. The van der Waals surface area contributed by atoms with Gasteiger partial charge in [-0.05, 0) is 0 Å². The van der Waals surface area contributed by atoms with Crippen molar-refractivity contribution in [3.05, 3.63) is 20.8 Å². The van der Waals surface area contributed by atoms with Gasteiger partial charge in [0.15, 0.2) is 0 Å². The van der Waals surface area contributed by atoms with Crippen molar-refractivity contribution in [1.29, 1.82) is 0 Å². The molecule has 0 aromatic carbocycles. The zero-order chi connectivity index (χ0) is 31.5. The molecule has 0 aromatic rings. The average molecular weight is 619 g/mol. The fourth-order valence-electron chi connectivity index (χ4n) is 5.52. The van der Waals surface area contributed by atoms with Gasteiger partial charge in [-0.1, -0.05) is 233 Å². The van der Waals surface area contributed by atoms with Crippen molar-refractivity contribution in [2.75, 3.05) is 0 Å². The first-order chi connectivity index (χ1) is 20.7. The molecule has 0 rings (SSSR count). The molecule has 258 valence electrons. The molecule has 0 radical (unpaired) electrons. The fraction of sp³-hybridized carbons (Fsp3) is 0.929. The minimum absolute atomic E-state index is 0. The van der Waals surface area contributed by atoms with E-state index in [1.54, 1.807) is 0 Å². The van der Waals surface area contributed by atoms with Gasteiger partial charge in [0.25, 0.3) is 0 Å². The van der Waals surface area contributed by atoms with Gasteiger partial charge >= 0.3 is 17.4 Å². The Bertz CT molecular complexity index is 286. The van der Waals surface area contributed by atoms with Crippen LogP contribution < -0.4 is 0 Å². The van der Waals surface area contributed by atoms with Crippen molar-refractivity contribution in [3.8, 4) is 0 Å². The second-order valence-electron chi connectivity index (χ2n) is 13.2. The molecule has 0 spiro atoms. The molecule has 1 heteroatoms. The van der Waals surface area contributed by atoms with Crippen LogP contribution in [-0.2, 0) is 0 Å². The predicted octanol–water partition coefficient (Wildman–Crippen LogP) is 16.2. The summed E-state index contributed by atoms with van der Waals surface area (Å²) in [6.45, 7) is 18.4. The maximum absolute atomic E-state index is 3.86. The van der Waals surface area contributed by atoms with E-state index in [0.29, 0.717) is 0 Å². The van der Waals surface area contributed by atoms with E-state index >= 15 is 0 Å². The van der Waals surface area contributed by atoms with Crippen molar-refractivity contribution < 1.29 is 0 Å². The molecule has 0 heterocycles. The Balaban J connectivity index is -0.000000262. The van der Waals surface area contributed by atoms with Crippen LogP contribution in [0.25, 0.3) is 0 Å². The molecule has 0 aliphatic carbocycles. The third-order valence-electron chi connectivity index (χ3n) is 8.56. The van der Waals surface area contributed by atoms with Crippen LogP contribution in [0.15, 0.2) is 0 Å². The SMILES string of the molecule is [Al+3].[CH2-]CCCCCCCCCCCCC.[CH2-]CCCCCCCCCCCCC.[CH2-]CCCCCCCCCCCCC. The largest absolute Gasteiger partial charge is 3.00 e. The fourth-order valence-corrected chi connectivity index (χ4v) is 5.52. The topological polar surface area (TPSA) is 0 Å². The van der Waals surface area contributed by atoms with Crippen LogP contribution in [0.4, 0.5) is 0 Å². The van der Waals surface area contributed by atoms with Crippen molar-refractivity contribution in [2.24, 2.45) is 0 Å². The molecule has 0 nitrogen and oxygen atoms in total. The Labute approximate surface area is 289 Å². The molecule has 0 atom stereocenters. The van der Waals surface area contributed by atoms with E-state index in [1.807, 2.05) is 0 Å². The van der Waals surface area contributed by atoms with E-state index in [1.165, 1.54) is 212 Å². The van der Waals surface area contributed by atoms with E-state index in [9.17, 15) is 0 Å². The summed E-state index contributed by atoms with van der Waals surface area (Å²) in [5, 5.41) is 0. The van der Waals surface area contributed by atoms with Crippen LogP contribution in [0.3, 0.4) is 0 Å². The van der Waals surface area contributed by atoms with E-state index in [2.05, 4.69) is 41.5 Å². The third-order valence-corrected chi connectivity index (χ3v) is 8.56. The molecule has 0 fully saturated rings. The van der Waals surface area contributed by atoms with E-state index in [0.717, 1.165) is 19.3 Å². The second kappa shape index (κ2) is 55.0. The Kier molecular flexibility index (Phi) is 64.4. The first kappa shape index (κ1) is 50.4. The van der Waals surface area contributed by atoms with Crippen LogP contribution in [0.2, 0.25) is 0 Å². The number of unbranched alkanes of at least 4 members (excludes halogenated alkanes) is 33. The van der Waals surface area contributed by atoms with Crippen LogP contribution >= 0.6 is 0 Å². The second-order valence-corrected chi connectivity index (χ2v) is 13.2. The maximum Gasteiger partial charge on any atom is 3.00 e. The minimum Gasteiger partial charge on any atom is -0.343 e. The van der Waals surface area contributed by atoms with E-state index < -0.39 is 0 Å². The van der Waals surface area contributed by atoms with Crippen molar-refractivity contribution in [2.45, 2.75) is 252 Å². The van der Waals surface area contributed by atoms with Gasteiger partial charge in [-0.15, -0.1) is 0 Å². The first-order valence-electron chi connectivity index (χ1n) is 20.1. The monoisotopic (exact) mass is 619 g/mol. The summed E-state index contributed by atoms with van der Waals surface area (Å²) in [4.78, 5) is 0. The zero-order valence-corrected chi connectivity index (χ0v) is 32.3. The van der Waals surface area contributed by atoms with Gasteiger partial charge in [-0.25, -0.2) is 0 Å². The van der Waals surface area contributed by atoms with Crippen molar-refractivity contribution >= 4 is 17.4 Å². The summed E-state index contributed by atoms with van der Waals surface area (Å²) in [5.74, 6) is 0. The van der Waals surface area contributed by atoms with Crippen LogP contribution in [0.1, 0.15) is 252 Å². The standard InChI is InChI=1S/3C14H29.Al/c3*1-3-5-7-9-11-13-14-12-10-8-6-4-2;/h3*1,3-14H2,2H3;/q3*-1;+3. The van der Waals surface area contributed by atoms with E-state index in [-0.39, 0.29) is 17.4 Å². The average Bonchev–Trinajstić information content (AvgIpc) is 3.01. The Morgan fingerprint density at radius 3 is 0.442 bits per heavy atom. The van der Waals surface area contributed by atoms with Gasteiger partial charge in [-0.3, -0.25) is 0 Å². The van der Waals surface area contributed by atoms with Crippen molar-refractivity contribution in [3.63, 3.8) is 0 Å². The first-order valence-corrected chi connectivity index (χ1v) is 20.1. The van der Waals surface area contributed by atoms with Crippen LogP contribution in [0, 0.1) is 20.8 Å². The summed E-state index contributed by atoms with van der Waals surface area (Å²) >= 11 is 0. The van der Waals surface area contributed by atoms with Crippen molar-refractivity contribution in [1.82, 2.24) is 0 Å². The molecule has 0 saturated heterocycles. The van der Waals surface area contributed by atoms with Crippen LogP contribution in [-0.4, -0.2) is 17.4 Å². The number of hydrogen-bond acceptors (Lipinski definition) is 0. The molecule has 0 N–H and O–H groups in total. The van der Waals surface area contributed by atoms with E-state index in [4.69, 9.17) is 0 Å². The summed E-state index contributed by atoms with van der Waals surface area (Å²) < 4.78 is 0. The summed E-state index contributed by atoms with van der Waals surface area (Å²) in [6, 6.07) is 0. The Hall–Kier alpha value is 0.532. The normalized spacial score (nSPS) is 10.5. The predicted molar refractivity (Wildman–Crippen MR) is 205 cm³/mol. The van der Waals surface area contributed by atoms with Gasteiger partial charge < -0.3 is 20.8 Å². The minimum atomic E-state index is 0. The molecule has 0 aliphatic rings. The summed E-state index contributed by atoms with van der Waals surface area (Å²) in [7, 11) is 0. The number of hydrogen-bond donors (Lipinski definition) is 0. The zero-order valence-electron chi connectivity index (χ0n) is 31.2. The van der Waals surface area contributed by atoms with Gasteiger partial charge in [0.05, 0.1) is 0 Å². The summed E-state index contributed by atoms with van der Waals surface area (Å²) in [6.07, 6.45) is 50.6. The number of rotatable bonds is 33. The molecular weight excluding hydrogens is 531 g/mol. The molecule has 43 heavy (non-hydrogen) atoms. The maximum atomic E-state index is 3.86. The van der Waals surface area contributed by atoms with Gasteiger partial charge in [0, 0.05) is 0 Å². The Morgan fingerprint density at radius 2 is 0.326 bits per heavy atom. The van der Waals surface area contributed by atoms with Crippen LogP contribution in [0.5, 0.6) is 0 Å². The van der Waals surface area contributed by atoms with Gasteiger partial charge in [0.2, 0.25) is 0 Å². The van der Waals surface area contributed by atoms with Gasteiger partial charge in [-0.2, -0.15) is 19.3 Å². The molecule has 0 bridgehead atoms. The smallest absolute Gasteiger partial charge is 0.343 e. The quantitative estimate of drug-likeness (QED) is 0.0390. The molecule has 0 aliphatic heterocycles. The Morgan fingerprint density at radius 1 is 0.209 bits per heavy atom. The molecule has 0 saturated carbocycles.